The van der Waals surface area contributed by atoms with Crippen molar-refractivity contribution < 1.29 is 9.47 Å². The van der Waals surface area contributed by atoms with E-state index in [-0.39, 0.29) is 0 Å². The van der Waals surface area contributed by atoms with Crippen LogP contribution in [0, 0.1) is 5.92 Å². The second-order valence-corrected chi connectivity index (χ2v) is 4.68. The summed E-state index contributed by atoms with van der Waals surface area (Å²) in [5.41, 5.74) is 1.31. The lowest BCUT2D eigenvalue weighted by atomic mass is 9.82. The van der Waals surface area contributed by atoms with Gasteiger partial charge < -0.3 is 14.8 Å². The smallest absolute Gasteiger partial charge is 0.126 e. The van der Waals surface area contributed by atoms with Crippen LogP contribution >= 0.6 is 0 Å². The van der Waals surface area contributed by atoms with Gasteiger partial charge in [0.25, 0.3) is 0 Å². The zero-order chi connectivity index (χ0) is 12.3. The first-order valence-electron chi connectivity index (χ1n) is 6.19. The number of ether oxygens (including phenoxy) is 2. The SMILES string of the molecule is COc1ccc(C2CCNCC2C)c(OC)c1. The number of nitrogens with one attached hydrogen (secondary N) is 1. The van der Waals surface area contributed by atoms with Crippen molar-refractivity contribution in [1.82, 2.24) is 5.32 Å². The Bertz CT molecular complexity index is 378. The van der Waals surface area contributed by atoms with Gasteiger partial charge in [-0.05, 0) is 43.0 Å². The van der Waals surface area contributed by atoms with Gasteiger partial charge in [-0.25, -0.2) is 0 Å². The third kappa shape index (κ3) is 2.55. The standard InChI is InChI=1S/C14H21NO2/c1-10-9-15-7-6-12(10)13-5-4-11(16-2)8-14(13)17-3/h4-5,8,10,12,15H,6-7,9H2,1-3H3. The summed E-state index contributed by atoms with van der Waals surface area (Å²) in [5.74, 6) is 3.03. The van der Waals surface area contributed by atoms with E-state index in [4.69, 9.17) is 9.47 Å². The molecule has 0 aliphatic carbocycles. The molecule has 1 aromatic rings. The molecule has 2 atom stereocenters. The molecule has 0 spiro atoms. The molecule has 0 radical (unpaired) electrons. The van der Waals surface area contributed by atoms with Crippen molar-refractivity contribution >= 4 is 0 Å². The minimum absolute atomic E-state index is 0.581. The van der Waals surface area contributed by atoms with E-state index >= 15 is 0 Å². The molecule has 0 amide bonds. The highest BCUT2D eigenvalue weighted by Crippen LogP contribution is 2.37. The number of benzene rings is 1. The Morgan fingerprint density at radius 3 is 2.71 bits per heavy atom. The topological polar surface area (TPSA) is 30.5 Å². The van der Waals surface area contributed by atoms with Gasteiger partial charge in [0.2, 0.25) is 0 Å². The van der Waals surface area contributed by atoms with E-state index in [1.165, 1.54) is 12.0 Å². The molecule has 1 N–H and O–H groups in total. The number of piperidine rings is 1. The van der Waals surface area contributed by atoms with Gasteiger partial charge in [0.05, 0.1) is 14.2 Å². The molecule has 2 rings (SSSR count). The summed E-state index contributed by atoms with van der Waals surface area (Å²) in [5, 5.41) is 3.43. The summed E-state index contributed by atoms with van der Waals surface area (Å²) >= 11 is 0. The average molecular weight is 235 g/mol. The summed E-state index contributed by atoms with van der Waals surface area (Å²) in [7, 11) is 3.41. The molecule has 3 heteroatoms. The van der Waals surface area contributed by atoms with Crippen molar-refractivity contribution in [2.24, 2.45) is 5.92 Å². The second-order valence-electron chi connectivity index (χ2n) is 4.68. The van der Waals surface area contributed by atoms with Crippen LogP contribution in [0.4, 0.5) is 0 Å². The highest BCUT2D eigenvalue weighted by atomic mass is 16.5. The number of hydrogen-bond acceptors (Lipinski definition) is 3. The van der Waals surface area contributed by atoms with Gasteiger partial charge in [-0.15, -0.1) is 0 Å². The average Bonchev–Trinajstić information content (AvgIpc) is 2.38. The van der Waals surface area contributed by atoms with Crippen LogP contribution < -0.4 is 14.8 Å². The molecule has 94 valence electrons. The lowest BCUT2D eigenvalue weighted by Crippen LogP contribution is -2.33. The Hall–Kier alpha value is -1.22. The van der Waals surface area contributed by atoms with Gasteiger partial charge in [0.15, 0.2) is 0 Å². The maximum atomic E-state index is 5.49. The van der Waals surface area contributed by atoms with Crippen LogP contribution in [0.1, 0.15) is 24.8 Å². The van der Waals surface area contributed by atoms with E-state index in [1.54, 1.807) is 14.2 Å². The van der Waals surface area contributed by atoms with Crippen LogP contribution in [0.5, 0.6) is 11.5 Å². The van der Waals surface area contributed by atoms with Crippen LogP contribution in [0.25, 0.3) is 0 Å². The number of rotatable bonds is 3. The molecule has 1 fully saturated rings. The fourth-order valence-electron chi connectivity index (χ4n) is 2.60. The van der Waals surface area contributed by atoms with Gasteiger partial charge in [0, 0.05) is 6.07 Å². The fraction of sp³-hybridized carbons (Fsp3) is 0.571. The van der Waals surface area contributed by atoms with Crippen molar-refractivity contribution in [3.63, 3.8) is 0 Å². The zero-order valence-corrected chi connectivity index (χ0v) is 10.8. The molecule has 0 saturated carbocycles. The molecular formula is C14H21NO2. The summed E-state index contributed by atoms with van der Waals surface area (Å²) in [6.07, 6.45) is 1.17. The Morgan fingerprint density at radius 2 is 2.06 bits per heavy atom. The highest BCUT2D eigenvalue weighted by Gasteiger charge is 2.25. The second kappa shape index (κ2) is 5.41. The fourth-order valence-corrected chi connectivity index (χ4v) is 2.60. The first kappa shape index (κ1) is 12.2. The van der Waals surface area contributed by atoms with Gasteiger partial charge in [0.1, 0.15) is 11.5 Å². The van der Waals surface area contributed by atoms with E-state index in [9.17, 15) is 0 Å². The van der Waals surface area contributed by atoms with E-state index < -0.39 is 0 Å². The molecule has 0 bridgehead atoms. The molecule has 2 unspecified atom stereocenters. The molecular weight excluding hydrogens is 214 g/mol. The molecule has 1 aliphatic heterocycles. The van der Waals surface area contributed by atoms with Crippen molar-refractivity contribution in [2.45, 2.75) is 19.3 Å². The lowest BCUT2D eigenvalue weighted by molar-refractivity contribution is 0.332. The van der Waals surface area contributed by atoms with E-state index in [1.807, 2.05) is 12.1 Å². The van der Waals surface area contributed by atoms with E-state index in [0.717, 1.165) is 24.6 Å². The number of methoxy groups -OCH3 is 2. The Morgan fingerprint density at radius 1 is 1.24 bits per heavy atom. The predicted octanol–water partition coefficient (Wildman–Crippen LogP) is 2.42. The van der Waals surface area contributed by atoms with Crippen LogP contribution in [-0.4, -0.2) is 27.3 Å². The zero-order valence-electron chi connectivity index (χ0n) is 10.8. The number of hydrogen-bond donors (Lipinski definition) is 1. The molecule has 1 aromatic carbocycles. The Balaban J connectivity index is 2.30. The summed E-state index contributed by atoms with van der Waals surface area (Å²) in [4.78, 5) is 0. The van der Waals surface area contributed by atoms with Crippen molar-refractivity contribution in [3.8, 4) is 11.5 Å². The van der Waals surface area contributed by atoms with Gasteiger partial charge in [-0.1, -0.05) is 13.0 Å². The third-order valence-corrected chi connectivity index (χ3v) is 3.63. The minimum atomic E-state index is 0.581. The van der Waals surface area contributed by atoms with Crippen LogP contribution in [0.2, 0.25) is 0 Å². The molecule has 17 heavy (non-hydrogen) atoms. The first-order chi connectivity index (χ1) is 8.26. The van der Waals surface area contributed by atoms with Crippen LogP contribution in [0.15, 0.2) is 18.2 Å². The Kier molecular flexibility index (Phi) is 3.89. The van der Waals surface area contributed by atoms with Crippen molar-refractivity contribution in [3.05, 3.63) is 23.8 Å². The molecule has 0 aromatic heterocycles. The van der Waals surface area contributed by atoms with Gasteiger partial charge in [-0.2, -0.15) is 0 Å². The van der Waals surface area contributed by atoms with E-state index in [0.29, 0.717) is 11.8 Å². The predicted molar refractivity (Wildman–Crippen MR) is 68.9 cm³/mol. The highest BCUT2D eigenvalue weighted by molar-refractivity contribution is 5.43. The Labute approximate surface area is 103 Å². The quantitative estimate of drug-likeness (QED) is 0.872. The molecule has 3 nitrogen and oxygen atoms in total. The van der Waals surface area contributed by atoms with Crippen LogP contribution in [-0.2, 0) is 0 Å². The lowest BCUT2D eigenvalue weighted by Gasteiger charge is -2.30. The van der Waals surface area contributed by atoms with Gasteiger partial charge in [-0.3, -0.25) is 0 Å². The summed E-state index contributed by atoms with van der Waals surface area (Å²) < 4.78 is 10.7. The van der Waals surface area contributed by atoms with Crippen molar-refractivity contribution in [1.29, 1.82) is 0 Å². The normalized spacial score (nSPS) is 24.4. The third-order valence-electron chi connectivity index (χ3n) is 3.63. The minimum Gasteiger partial charge on any atom is -0.497 e. The van der Waals surface area contributed by atoms with E-state index in [2.05, 4.69) is 18.3 Å². The first-order valence-corrected chi connectivity index (χ1v) is 6.19. The summed E-state index contributed by atoms with van der Waals surface area (Å²) in [6, 6.07) is 6.14. The largest absolute Gasteiger partial charge is 0.497 e. The maximum Gasteiger partial charge on any atom is 0.126 e. The summed E-state index contributed by atoms with van der Waals surface area (Å²) in [6.45, 7) is 4.46. The van der Waals surface area contributed by atoms with Crippen molar-refractivity contribution in [2.75, 3.05) is 27.3 Å². The monoisotopic (exact) mass is 235 g/mol. The molecule has 1 saturated heterocycles. The molecule has 1 heterocycles. The van der Waals surface area contributed by atoms with Gasteiger partial charge >= 0.3 is 0 Å². The van der Waals surface area contributed by atoms with Crippen LogP contribution in [0.3, 0.4) is 0 Å². The maximum absolute atomic E-state index is 5.49. The molecule has 1 aliphatic rings.